The molecule has 1 N–H and O–H groups in total. The first-order valence-electron chi connectivity index (χ1n) is 5.09. The first-order chi connectivity index (χ1) is 6.79. The van der Waals surface area contributed by atoms with Crippen LogP contribution in [0.4, 0.5) is 0 Å². The Bertz CT molecular complexity index is 291. The number of hydrogen-bond acceptors (Lipinski definition) is 3. The summed E-state index contributed by atoms with van der Waals surface area (Å²) in [5.41, 5.74) is 0. The van der Waals surface area contributed by atoms with Crippen molar-refractivity contribution >= 4 is 0 Å². The van der Waals surface area contributed by atoms with Crippen molar-refractivity contribution in [3.8, 4) is 0 Å². The molecule has 0 aromatic carbocycles. The van der Waals surface area contributed by atoms with Crippen molar-refractivity contribution in [1.29, 1.82) is 0 Å². The van der Waals surface area contributed by atoms with Gasteiger partial charge < -0.3 is 14.6 Å². The fourth-order valence-electron chi connectivity index (χ4n) is 1.87. The zero-order chi connectivity index (χ0) is 9.97. The van der Waals surface area contributed by atoms with E-state index in [1.807, 2.05) is 19.4 Å². The first kappa shape index (κ1) is 9.68. The van der Waals surface area contributed by atoms with E-state index in [9.17, 15) is 0 Å². The van der Waals surface area contributed by atoms with Crippen molar-refractivity contribution in [1.82, 2.24) is 14.5 Å². The number of aromatic nitrogens is 2. The Morgan fingerprint density at radius 3 is 2.93 bits per heavy atom. The molecule has 1 aliphatic heterocycles. The maximum absolute atomic E-state index is 8.86. The van der Waals surface area contributed by atoms with Crippen molar-refractivity contribution in [3.63, 3.8) is 0 Å². The summed E-state index contributed by atoms with van der Waals surface area (Å²) in [6.07, 6.45) is 4.81. The highest BCUT2D eigenvalue weighted by Crippen LogP contribution is 2.14. The third-order valence-electron chi connectivity index (χ3n) is 2.86. The van der Waals surface area contributed by atoms with E-state index in [0.29, 0.717) is 12.5 Å². The first-order valence-corrected chi connectivity index (χ1v) is 5.09. The average Bonchev–Trinajstić information content (AvgIpc) is 2.49. The molecule has 4 nitrogen and oxygen atoms in total. The lowest BCUT2D eigenvalue weighted by Crippen LogP contribution is -2.49. The highest BCUT2D eigenvalue weighted by atomic mass is 16.3. The van der Waals surface area contributed by atoms with Gasteiger partial charge in [-0.15, -0.1) is 0 Å². The molecule has 2 rings (SSSR count). The van der Waals surface area contributed by atoms with Crippen molar-refractivity contribution in [3.05, 3.63) is 18.2 Å². The van der Waals surface area contributed by atoms with E-state index >= 15 is 0 Å². The molecular weight excluding hydrogens is 178 g/mol. The van der Waals surface area contributed by atoms with E-state index in [4.69, 9.17) is 5.11 Å². The second-order valence-electron chi connectivity index (χ2n) is 4.01. The maximum atomic E-state index is 8.86. The monoisotopic (exact) mass is 195 g/mol. The third kappa shape index (κ3) is 1.96. The largest absolute Gasteiger partial charge is 0.396 e. The Morgan fingerprint density at radius 2 is 2.36 bits per heavy atom. The molecule has 1 saturated heterocycles. The minimum atomic E-state index is 0.332. The van der Waals surface area contributed by atoms with E-state index in [2.05, 4.69) is 14.5 Å². The number of imidazole rings is 1. The van der Waals surface area contributed by atoms with Gasteiger partial charge in [0, 0.05) is 58.0 Å². The van der Waals surface area contributed by atoms with Crippen LogP contribution in [0.15, 0.2) is 12.4 Å². The Labute approximate surface area is 84.2 Å². The summed E-state index contributed by atoms with van der Waals surface area (Å²) in [5.74, 6) is 1.65. The number of aryl methyl sites for hydroxylation is 1. The number of hydrogen-bond donors (Lipinski definition) is 1. The lowest BCUT2D eigenvalue weighted by Gasteiger charge is -2.38. The van der Waals surface area contributed by atoms with E-state index in [1.165, 1.54) is 0 Å². The van der Waals surface area contributed by atoms with Gasteiger partial charge in [0.15, 0.2) is 0 Å². The molecule has 0 spiro atoms. The van der Waals surface area contributed by atoms with Gasteiger partial charge in [-0.05, 0) is 0 Å². The molecule has 1 aromatic rings. The summed E-state index contributed by atoms with van der Waals surface area (Å²) in [7, 11) is 2.02. The third-order valence-corrected chi connectivity index (χ3v) is 2.86. The van der Waals surface area contributed by atoms with Crippen LogP contribution < -0.4 is 0 Å². The Kier molecular flexibility index (Phi) is 2.84. The van der Waals surface area contributed by atoms with Gasteiger partial charge in [-0.3, -0.25) is 0 Å². The number of aliphatic hydroxyl groups excluding tert-OH is 1. The summed E-state index contributed by atoms with van der Waals surface area (Å²) in [5, 5.41) is 8.86. The molecule has 0 bridgehead atoms. The van der Waals surface area contributed by atoms with Crippen LogP contribution >= 0.6 is 0 Å². The highest BCUT2D eigenvalue weighted by Gasteiger charge is 2.25. The number of aliphatic hydroxyl groups is 1. The SMILES string of the molecule is Cn1ccnc1CCN1CC(CO)C1. The van der Waals surface area contributed by atoms with Crippen LogP contribution in [0.2, 0.25) is 0 Å². The summed E-state index contributed by atoms with van der Waals surface area (Å²) in [6.45, 7) is 3.47. The zero-order valence-electron chi connectivity index (χ0n) is 8.56. The van der Waals surface area contributed by atoms with Gasteiger partial charge in [0.2, 0.25) is 0 Å². The predicted molar refractivity (Wildman–Crippen MR) is 53.9 cm³/mol. The van der Waals surface area contributed by atoms with Crippen LogP contribution in [0.3, 0.4) is 0 Å². The fraction of sp³-hybridized carbons (Fsp3) is 0.700. The van der Waals surface area contributed by atoms with Crippen LogP contribution in [0.5, 0.6) is 0 Å². The smallest absolute Gasteiger partial charge is 0.109 e. The van der Waals surface area contributed by atoms with E-state index in [1.54, 1.807) is 0 Å². The number of rotatable bonds is 4. The quantitative estimate of drug-likeness (QED) is 0.728. The van der Waals surface area contributed by atoms with Crippen LogP contribution in [-0.2, 0) is 13.5 Å². The summed E-state index contributed by atoms with van der Waals surface area (Å²) < 4.78 is 2.06. The molecule has 1 aromatic heterocycles. The lowest BCUT2D eigenvalue weighted by atomic mass is 10.0. The van der Waals surface area contributed by atoms with E-state index < -0.39 is 0 Å². The molecule has 4 heteroatoms. The molecule has 0 amide bonds. The van der Waals surface area contributed by atoms with Gasteiger partial charge in [0.25, 0.3) is 0 Å². The van der Waals surface area contributed by atoms with Crippen LogP contribution in [-0.4, -0.2) is 45.8 Å². The van der Waals surface area contributed by atoms with Gasteiger partial charge in [-0.2, -0.15) is 0 Å². The second kappa shape index (κ2) is 4.11. The normalized spacial score (nSPS) is 18.4. The van der Waals surface area contributed by atoms with Gasteiger partial charge in [-0.25, -0.2) is 4.98 Å². The number of likely N-dealkylation sites (tertiary alicyclic amines) is 1. The predicted octanol–water partition coefficient (Wildman–Crippen LogP) is -0.113. The molecule has 0 radical (unpaired) electrons. The van der Waals surface area contributed by atoms with Crippen LogP contribution in [0.1, 0.15) is 5.82 Å². The van der Waals surface area contributed by atoms with Crippen LogP contribution in [0.25, 0.3) is 0 Å². The highest BCUT2D eigenvalue weighted by molar-refractivity contribution is 4.92. The van der Waals surface area contributed by atoms with Gasteiger partial charge in [-0.1, -0.05) is 0 Å². The van der Waals surface area contributed by atoms with Crippen molar-refractivity contribution in [2.75, 3.05) is 26.2 Å². The molecule has 0 atom stereocenters. The van der Waals surface area contributed by atoms with Gasteiger partial charge in [0.05, 0.1) is 0 Å². The Morgan fingerprint density at radius 1 is 1.57 bits per heavy atom. The molecule has 1 fully saturated rings. The topological polar surface area (TPSA) is 41.3 Å². The van der Waals surface area contributed by atoms with Crippen LogP contribution in [0, 0.1) is 5.92 Å². The molecule has 0 aliphatic carbocycles. The van der Waals surface area contributed by atoms with Gasteiger partial charge in [0.1, 0.15) is 5.82 Å². The minimum Gasteiger partial charge on any atom is -0.396 e. The second-order valence-corrected chi connectivity index (χ2v) is 4.01. The maximum Gasteiger partial charge on any atom is 0.109 e. The van der Waals surface area contributed by atoms with Gasteiger partial charge >= 0.3 is 0 Å². The van der Waals surface area contributed by atoms with E-state index in [0.717, 1.165) is 31.9 Å². The molecule has 14 heavy (non-hydrogen) atoms. The molecule has 1 aliphatic rings. The number of nitrogens with zero attached hydrogens (tertiary/aromatic N) is 3. The summed E-state index contributed by atoms with van der Waals surface area (Å²) >= 11 is 0. The molecule has 78 valence electrons. The standard InChI is InChI=1S/C10H17N3O/c1-12-5-3-11-10(12)2-4-13-6-9(7-13)8-14/h3,5,9,14H,2,4,6-8H2,1H3. The van der Waals surface area contributed by atoms with Crippen molar-refractivity contribution in [2.45, 2.75) is 6.42 Å². The van der Waals surface area contributed by atoms with E-state index in [-0.39, 0.29) is 0 Å². The fourth-order valence-corrected chi connectivity index (χ4v) is 1.87. The molecular formula is C10H17N3O. The minimum absolute atomic E-state index is 0.332. The molecule has 0 unspecified atom stereocenters. The lowest BCUT2D eigenvalue weighted by molar-refractivity contribution is 0.0546. The van der Waals surface area contributed by atoms with Crippen molar-refractivity contribution in [2.24, 2.45) is 13.0 Å². The Balaban J connectivity index is 1.72. The summed E-state index contributed by atoms with van der Waals surface area (Å²) in [6, 6.07) is 0. The molecule has 2 heterocycles. The average molecular weight is 195 g/mol. The molecule has 0 saturated carbocycles. The zero-order valence-corrected chi connectivity index (χ0v) is 8.56. The van der Waals surface area contributed by atoms with Crippen molar-refractivity contribution < 1.29 is 5.11 Å². The summed E-state index contributed by atoms with van der Waals surface area (Å²) in [4.78, 5) is 6.63. The Hall–Kier alpha value is -0.870.